The Morgan fingerprint density at radius 1 is 1.20 bits per heavy atom. The Labute approximate surface area is 184 Å². The van der Waals surface area contributed by atoms with Gasteiger partial charge >= 0.3 is 0 Å². The molecule has 0 unspecified atom stereocenters. The smallest absolute Gasteiger partial charge is 0.248 e. The Kier molecular flexibility index (Phi) is 7.30. The zero-order chi connectivity index (χ0) is 21.7. The number of carbonyl (C=O) groups is 1. The van der Waals surface area contributed by atoms with Crippen LogP contribution >= 0.6 is 15.9 Å². The number of anilines is 1. The van der Waals surface area contributed by atoms with Gasteiger partial charge in [-0.15, -0.1) is 0 Å². The highest BCUT2D eigenvalue weighted by molar-refractivity contribution is 9.10. The second-order valence-corrected chi connectivity index (χ2v) is 9.49. The molecule has 160 valence electrons. The Morgan fingerprint density at radius 3 is 2.60 bits per heavy atom. The van der Waals surface area contributed by atoms with Gasteiger partial charge in [0, 0.05) is 23.6 Å². The molecule has 0 bridgehead atoms. The van der Waals surface area contributed by atoms with Gasteiger partial charge in [0.2, 0.25) is 15.9 Å². The molecule has 1 fully saturated rings. The molecule has 30 heavy (non-hydrogen) atoms. The van der Waals surface area contributed by atoms with Crippen LogP contribution in [0.15, 0.2) is 51.8 Å². The number of rotatable bonds is 6. The molecule has 0 aromatic heterocycles. The normalized spacial score (nSPS) is 15.3. The van der Waals surface area contributed by atoms with E-state index in [1.807, 2.05) is 25.1 Å². The second kappa shape index (κ2) is 9.74. The molecule has 1 aliphatic rings. The van der Waals surface area contributed by atoms with Crippen LogP contribution in [0, 0.1) is 6.92 Å². The first-order chi connectivity index (χ1) is 14.3. The third-order valence-corrected chi connectivity index (χ3v) is 7.16. The highest BCUT2D eigenvalue weighted by Gasteiger charge is 2.29. The average Bonchev–Trinajstić information content (AvgIpc) is 2.74. The van der Waals surface area contributed by atoms with Crippen molar-refractivity contribution in [1.29, 1.82) is 0 Å². The van der Waals surface area contributed by atoms with Gasteiger partial charge in [0.15, 0.2) is 0 Å². The van der Waals surface area contributed by atoms with E-state index in [2.05, 4.69) is 21.2 Å². The Balaban J connectivity index is 1.81. The van der Waals surface area contributed by atoms with Gasteiger partial charge in [0.25, 0.3) is 0 Å². The summed E-state index contributed by atoms with van der Waals surface area (Å²) in [5, 5.41) is 2.79. The molecule has 0 spiro atoms. The number of carbonyl (C=O) groups excluding carboxylic acids is 1. The second-order valence-electron chi connectivity index (χ2n) is 6.73. The van der Waals surface area contributed by atoms with Crippen LogP contribution in [0.5, 0.6) is 5.75 Å². The minimum absolute atomic E-state index is 0.0655. The summed E-state index contributed by atoms with van der Waals surface area (Å²) in [7, 11) is -2.31. The zero-order valence-corrected chi connectivity index (χ0v) is 19.1. The molecule has 0 saturated carbocycles. The number of nitrogens with zero attached hydrogens (tertiary/aromatic N) is 1. The molecule has 0 radical (unpaired) electrons. The van der Waals surface area contributed by atoms with Crippen LogP contribution in [0.3, 0.4) is 0 Å². The van der Waals surface area contributed by atoms with Crippen molar-refractivity contribution in [2.24, 2.45) is 0 Å². The number of methoxy groups -OCH3 is 1. The van der Waals surface area contributed by atoms with Crippen molar-refractivity contribution in [1.82, 2.24) is 4.31 Å². The first kappa shape index (κ1) is 22.5. The molecule has 1 aliphatic heterocycles. The first-order valence-corrected chi connectivity index (χ1v) is 11.6. The number of hydrogen-bond donors (Lipinski definition) is 1. The number of halogens is 1. The van der Waals surface area contributed by atoms with E-state index in [0.29, 0.717) is 37.6 Å². The van der Waals surface area contributed by atoms with Gasteiger partial charge in [-0.1, -0.05) is 12.1 Å². The van der Waals surface area contributed by atoms with E-state index in [0.717, 1.165) is 10.0 Å². The lowest BCUT2D eigenvalue weighted by molar-refractivity contribution is -0.111. The molecular formula is C21H23BrN2O5S. The van der Waals surface area contributed by atoms with E-state index in [4.69, 9.17) is 9.47 Å². The number of ether oxygens (including phenoxy) is 2. The number of aryl methyl sites for hydroxylation is 1. The van der Waals surface area contributed by atoms with E-state index in [1.54, 1.807) is 18.2 Å². The summed E-state index contributed by atoms with van der Waals surface area (Å²) < 4.78 is 38.8. The predicted octanol–water partition coefficient (Wildman–Crippen LogP) is 3.44. The monoisotopic (exact) mass is 494 g/mol. The molecule has 3 rings (SSSR count). The summed E-state index contributed by atoms with van der Waals surface area (Å²) >= 11 is 3.42. The summed E-state index contributed by atoms with van der Waals surface area (Å²) in [6, 6.07) is 10.4. The molecule has 1 heterocycles. The fraction of sp³-hybridized carbons (Fsp3) is 0.286. The molecule has 1 saturated heterocycles. The minimum atomic E-state index is -3.74. The number of benzene rings is 2. The summed E-state index contributed by atoms with van der Waals surface area (Å²) in [4.78, 5) is 12.4. The third kappa shape index (κ3) is 5.28. The Bertz CT molecular complexity index is 1060. The van der Waals surface area contributed by atoms with Crippen LogP contribution in [0.25, 0.3) is 6.08 Å². The largest absolute Gasteiger partial charge is 0.495 e. The minimum Gasteiger partial charge on any atom is -0.495 e. The van der Waals surface area contributed by atoms with Crippen LogP contribution in [0.2, 0.25) is 0 Å². The topological polar surface area (TPSA) is 84.9 Å². The van der Waals surface area contributed by atoms with Gasteiger partial charge in [0.05, 0.1) is 26.0 Å². The van der Waals surface area contributed by atoms with E-state index in [1.165, 1.54) is 23.6 Å². The maximum atomic E-state index is 13.0. The van der Waals surface area contributed by atoms with Crippen molar-refractivity contribution < 1.29 is 22.7 Å². The van der Waals surface area contributed by atoms with Gasteiger partial charge < -0.3 is 14.8 Å². The van der Waals surface area contributed by atoms with Crippen LogP contribution in [0.4, 0.5) is 5.69 Å². The Hall–Kier alpha value is -2.20. The average molecular weight is 495 g/mol. The van der Waals surface area contributed by atoms with Crippen molar-refractivity contribution in [2.75, 3.05) is 38.7 Å². The molecule has 0 aliphatic carbocycles. The van der Waals surface area contributed by atoms with Crippen LogP contribution in [-0.2, 0) is 19.6 Å². The lowest BCUT2D eigenvalue weighted by atomic mass is 10.2. The van der Waals surface area contributed by atoms with Gasteiger partial charge in [-0.2, -0.15) is 4.31 Å². The van der Waals surface area contributed by atoms with Crippen LogP contribution in [0.1, 0.15) is 11.1 Å². The summed E-state index contributed by atoms with van der Waals surface area (Å²) in [5.41, 5.74) is 2.30. The summed E-state index contributed by atoms with van der Waals surface area (Å²) in [5.74, 6) is -0.0698. The maximum absolute atomic E-state index is 13.0. The van der Waals surface area contributed by atoms with Crippen LogP contribution in [-0.4, -0.2) is 52.0 Å². The number of amides is 1. The molecule has 9 heteroatoms. The van der Waals surface area contributed by atoms with Crippen molar-refractivity contribution in [3.63, 3.8) is 0 Å². The lowest BCUT2D eigenvalue weighted by Gasteiger charge is -2.26. The Morgan fingerprint density at radius 2 is 1.93 bits per heavy atom. The van der Waals surface area contributed by atoms with E-state index in [9.17, 15) is 13.2 Å². The molecule has 7 nitrogen and oxygen atoms in total. The zero-order valence-electron chi connectivity index (χ0n) is 16.7. The van der Waals surface area contributed by atoms with E-state index >= 15 is 0 Å². The molecule has 1 amide bonds. The van der Waals surface area contributed by atoms with Gasteiger partial charge in [-0.3, -0.25) is 4.79 Å². The van der Waals surface area contributed by atoms with Crippen molar-refractivity contribution in [3.05, 3.63) is 58.1 Å². The standard InChI is InChI=1S/C21H23BrN2O5S/c1-15-3-6-18(17(22)13-15)23-21(25)8-5-16-4-7-19(28-2)20(14-16)30(26,27)24-9-11-29-12-10-24/h3-8,13-14H,9-12H2,1-2H3,(H,23,25)/b8-5+. The molecular weight excluding hydrogens is 472 g/mol. The van der Waals surface area contributed by atoms with Crippen molar-refractivity contribution >= 4 is 43.6 Å². The number of hydrogen-bond acceptors (Lipinski definition) is 5. The lowest BCUT2D eigenvalue weighted by Crippen LogP contribution is -2.40. The highest BCUT2D eigenvalue weighted by atomic mass is 79.9. The van der Waals surface area contributed by atoms with Gasteiger partial charge in [0.1, 0.15) is 10.6 Å². The molecule has 0 atom stereocenters. The van der Waals surface area contributed by atoms with Crippen molar-refractivity contribution in [3.8, 4) is 5.75 Å². The third-order valence-electron chi connectivity index (χ3n) is 4.59. The first-order valence-electron chi connectivity index (χ1n) is 9.32. The van der Waals surface area contributed by atoms with Gasteiger partial charge in [-0.05, 0) is 64.3 Å². The maximum Gasteiger partial charge on any atom is 0.248 e. The van der Waals surface area contributed by atoms with E-state index < -0.39 is 10.0 Å². The summed E-state index contributed by atoms with van der Waals surface area (Å²) in [6.45, 7) is 3.26. The van der Waals surface area contributed by atoms with Crippen LogP contribution < -0.4 is 10.1 Å². The number of nitrogens with one attached hydrogen (secondary N) is 1. The van der Waals surface area contributed by atoms with E-state index in [-0.39, 0.29) is 16.6 Å². The molecule has 2 aromatic carbocycles. The SMILES string of the molecule is COc1ccc(/C=C/C(=O)Nc2ccc(C)cc2Br)cc1S(=O)(=O)N1CCOCC1. The molecule has 1 N–H and O–H groups in total. The van der Waals surface area contributed by atoms with Gasteiger partial charge in [-0.25, -0.2) is 8.42 Å². The predicted molar refractivity (Wildman–Crippen MR) is 119 cm³/mol. The fourth-order valence-corrected chi connectivity index (χ4v) is 5.18. The fourth-order valence-electron chi connectivity index (χ4n) is 2.99. The number of morpholine rings is 1. The van der Waals surface area contributed by atoms with Crippen molar-refractivity contribution in [2.45, 2.75) is 11.8 Å². The quantitative estimate of drug-likeness (QED) is 0.621. The highest BCUT2D eigenvalue weighted by Crippen LogP contribution is 2.29. The molecule has 2 aromatic rings. The summed E-state index contributed by atoms with van der Waals surface area (Å²) in [6.07, 6.45) is 2.93. The number of sulfonamides is 1.